The van der Waals surface area contributed by atoms with Gasteiger partial charge in [0.15, 0.2) is 0 Å². The molecule has 0 aromatic heterocycles. The van der Waals surface area contributed by atoms with Crippen molar-refractivity contribution in [3.63, 3.8) is 0 Å². The molecule has 1 saturated heterocycles. The van der Waals surface area contributed by atoms with Crippen molar-refractivity contribution in [3.8, 4) is 0 Å². The third-order valence-electron chi connectivity index (χ3n) is 3.78. The van der Waals surface area contributed by atoms with Gasteiger partial charge in [0, 0.05) is 17.3 Å². The Hall–Kier alpha value is -0.730. The smallest absolute Gasteiger partial charge is 0.0410 e. The molecule has 0 bridgehead atoms. The summed E-state index contributed by atoms with van der Waals surface area (Å²) in [5, 5.41) is 0.776. The lowest BCUT2D eigenvalue weighted by molar-refractivity contribution is 0.175. The van der Waals surface area contributed by atoms with E-state index in [2.05, 4.69) is 11.8 Å². The molecule has 1 aliphatic heterocycles. The summed E-state index contributed by atoms with van der Waals surface area (Å²) < 4.78 is 0. The van der Waals surface area contributed by atoms with Crippen LogP contribution in [-0.2, 0) is 6.54 Å². The van der Waals surface area contributed by atoms with Crippen LogP contribution >= 0.6 is 11.6 Å². The average molecular weight is 253 g/mol. The van der Waals surface area contributed by atoms with E-state index >= 15 is 0 Å². The summed E-state index contributed by atoms with van der Waals surface area (Å²) in [4.78, 5) is 2.48. The van der Waals surface area contributed by atoms with E-state index in [4.69, 9.17) is 17.3 Å². The van der Waals surface area contributed by atoms with Crippen LogP contribution in [-0.4, -0.2) is 18.0 Å². The van der Waals surface area contributed by atoms with Crippen molar-refractivity contribution in [2.45, 2.75) is 32.7 Å². The van der Waals surface area contributed by atoms with Crippen LogP contribution in [0.4, 0.5) is 5.69 Å². The molecule has 0 radical (unpaired) electrons. The molecule has 1 fully saturated rings. The molecule has 0 saturated carbocycles. The number of nitrogens with zero attached hydrogens (tertiary/aromatic N) is 1. The van der Waals surface area contributed by atoms with Crippen LogP contribution in [0.5, 0.6) is 0 Å². The maximum Gasteiger partial charge on any atom is 0.0410 e. The largest absolute Gasteiger partial charge is 0.398 e. The van der Waals surface area contributed by atoms with Crippen molar-refractivity contribution >= 4 is 17.3 Å². The standard InChI is InChI=1S/C14H21ClN2/c1-2-11-5-7-17(8-6-11)10-12-9-13(15)3-4-14(12)16/h3-4,9,11H,2,5-8,10,16H2,1H3. The molecule has 94 valence electrons. The molecule has 1 heterocycles. The van der Waals surface area contributed by atoms with Gasteiger partial charge < -0.3 is 5.73 Å². The van der Waals surface area contributed by atoms with Crippen LogP contribution in [0.15, 0.2) is 18.2 Å². The van der Waals surface area contributed by atoms with Crippen LogP contribution in [0, 0.1) is 5.92 Å². The van der Waals surface area contributed by atoms with E-state index in [1.807, 2.05) is 18.2 Å². The van der Waals surface area contributed by atoms with E-state index in [0.29, 0.717) is 0 Å². The molecule has 0 spiro atoms. The zero-order chi connectivity index (χ0) is 12.3. The zero-order valence-corrected chi connectivity index (χ0v) is 11.2. The van der Waals surface area contributed by atoms with Gasteiger partial charge in [0.2, 0.25) is 0 Å². The molecule has 0 aliphatic carbocycles. The summed E-state index contributed by atoms with van der Waals surface area (Å²) in [5.74, 6) is 0.919. The first kappa shape index (κ1) is 12.7. The third-order valence-corrected chi connectivity index (χ3v) is 4.02. The fourth-order valence-electron chi connectivity index (χ4n) is 2.50. The van der Waals surface area contributed by atoms with E-state index in [1.165, 1.54) is 32.4 Å². The average Bonchev–Trinajstić information content (AvgIpc) is 2.35. The van der Waals surface area contributed by atoms with E-state index < -0.39 is 0 Å². The van der Waals surface area contributed by atoms with E-state index in [1.54, 1.807) is 0 Å². The number of benzene rings is 1. The van der Waals surface area contributed by atoms with E-state index in [0.717, 1.165) is 28.7 Å². The van der Waals surface area contributed by atoms with Crippen molar-refractivity contribution in [2.24, 2.45) is 5.92 Å². The molecule has 2 N–H and O–H groups in total. The number of halogens is 1. The second kappa shape index (κ2) is 5.74. The van der Waals surface area contributed by atoms with Crippen LogP contribution < -0.4 is 5.73 Å². The Labute approximate surface area is 109 Å². The molecular formula is C14H21ClN2. The van der Waals surface area contributed by atoms with Gasteiger partial charge in [-0.15, -0.1) is 0 Å². The first-order valence-corrected chi connectivity index (χ1v) is 6.83. The Morgan fingerprint density at radius 2 is 2.06 bits per heavy atom. The van der Waals surface area contributed by atoms with Gasteiger partial charge in [-0.3, -0.25) is 4.90 Å². The Morgan fingerprint density at radius 3 is 2.71 bits per heavy atom. The SMILES string of the molecule is CCC1CCN(Cc2cc(Cl)ccc2N)CC1. The van der Waals surface area contributed by atoms with Gasteiger partial charge in [0.05, 0.1) is 0 Å². The topological polar surface area (TPSA) is 29.3 Å². The van der Waals surface area contributed by atoms with E-state index in [9.17, 15) is 0 Å². The van der Waals surface area contributed by atoms with Gasteiger partial charge in [0.25, 0.3) is 0 Å². The molecule has 1 aromatic carbocycles. The van der Waals surface area contributed by atoms with Crippen molar-refractivity contribution in [3.05, 3.63) is 28.8 Å². The number of nitrogen functional groups attached to an aromatic ring is 1. The number of nitrogens with two attached hydrogens (primary N) is 1. The number of hydrogen-bond acceptors (Lipinski definition) is 2. The highest BCUT2D eigenvalue weighted by Crippen LogP contribution is 2.24. The van der Waals surface area contributed by atoms with Gasteiger partial charge in [-0.05, 0) is 55.6 Å². The minimum absolute atomic E-state index is 0.776. The Kier molecular flexibility index (Phi) is 4.30. The molecule has 2 nitrogen and oxygen atoms in total. The minimum Gasteiger partial charge on any atom is -0.398 e. The summed E-state index contributed by atoms with van der Waals surface area (Å²) in [6.45, 7) is 5.59. The molecule has 17 heavy (non-hydrogen) atoms. The number of piperidine rings is 1. The summed E-state index contributed by atoms with van der Waals surface area (Å²) in [5.41, 5.74) is 7.99. The van der Waals surface area contributed by atoms with Crippen molar-refractivity contribution < 1.29 is 0 Å². The lowest BCUT2D eigenvalue weighted by Crippen LogP contribution is -2.33. The summed E-state index contributed by atoms with van der Waals surface area (Å²) in [7, 11) is 0. The van der Waals surface area contributed by atoms with Gasteiger partial charge in [-0.1, -0.05) is 24.9 Å². The van der Waals surface area contributed by atoms with Crippen LogP contribution in [0.2, 0.25) is 5.02 Å². The Morgan fingerprint density at radius 1 is 1.35 bits per heavy atom. The minimum atomic E-state index is 0.776. The highest BCUT2D eigenvalue weighted by Gasteiger charge is 2.18. The molecule has 3 heteroatoms. The quantitative estimate of drug-likeness (QED) is 0.834. The van der Waals surface area contributed by atoms with E-state index in [-0.39, 0.29) is 0 Å². The molecule has 0 atom stereocenters. The van der Waals surface area contributed by atoms with Crippen molar-refractivity contribution in [1.82, 2.24) is 4.90 Å². The second-order valence-electron chi connectivity index (χ2n) is 4.97. The number of rotatable bonds is 3. The lowest BCUT2D eigenvalue weighted by atomic mass is 9.94. The highest BCUT2D eigenvalue weighted by molar-refractivity contribution is 6.30. The van der Waals surface area contributed by atoms with Crippen molar-refractivity contribution in [1.29, 1.82) is 0 Å². The van der Waals surface area contributed by atoms with Gasteiger partial charge in [-0.2, -0.15) is 0 Å². The van der Waals surface area contributed by atoms with Gasteiger partial charge >= 0.3 is 0 Å². The Bertz CT molecular complexity index is 370. The third kappa shape index (κ3) is 3.36. The molecule has 2 rings (SSSR count). The predicted molar refractivity (Wildman–Crippen MR) is 74.2 cm³/mol. The normalized spacial score (nSPS) is 18.5. The first-order chi connectivity index (χ1) is 8.19. The van der Waals surface area contributed by atoms with Crippen LogP contribution in [0.3, 0.4) is 0 Å². The number of anilines is 1. The monoisotopic (exact) mass is 252 g/mol. The summed E-state index contributed by atoms with van der Waals surface area (Å²) >= 11 is 6.01. The fourth-order valence-corrected chi connectivity index (χ4v) is 2.70. The molecule has 0 amide bonds. The van der Waals surface area contributed by atoms with Crippen molar-refractivity contribution in [2.75, 3.05) is 18.8 Å². The Balaban J connectivity index is 1.95. The maximum absolute atomic E-state index is 6.01. The predicted octanol–water partition coefficient (Wildman–Crippen LogP) is 3.54. The zero-order valence-electron chi connectivity index (χ0n) is 10.5. The van der Waals surface area contributed by atoms with Crippen LogP contribution in [0.1, 0.15) is 31.7 Å². The summed E-state index contributed by atoms with van der Waals surface area (Å²) in [6, 6.07) is 5.74. The lowest BCUT2D eigenvalue weighted by Gasteiger charge is -2.31. The molecular weight excluding hydrogens is 232 g/mol. The fraction of sp³-hybridized carbons (Fsp3) is 0.571. The first-order valence-electron chi connectivity index (χ1n) is 6.45. The highest BCUT2D eigenvalue weighted by atomic mass is 35.5. The van der Waals surface area contributed by atoms with Gasteiger partial charge in [0.1, 0.15) is 0 Å². The number of hydrogen-bond donors (Lipinski definition) is 1. The number of likely N-dealkylation sites (tertiary alicyclic amines) is 1. The maximum atomic E-state index is 6.01. The molecule has 1 aliphatic rings. The molecule has 1 aromatic rings. The van der Waals surface area contributed by atoms with Gasteiger partial charge in [-0.25, -0.2) is 0 Å². The van der Waals surface area contributed by atoms with Crippen LogP contribution in [0.25, 0.3) is 0 Å². The summed E-state index contributed by atoms with van der Waals surface area (Å²) in [6.07, 6.45) is 3.95. The second-order valence-corrected chi connectivity index (χ2v) is 5.41. The molecule has 0 unspecified atom stereocenters.